The lowest BCUT2D eigenvalue weighted by molar-refractivity contribution is 0.193. The highest BCUT2D eigenvalue weighted by Crippen LogP contribution is 2.13. The normalized spacial score (nSPS) is 19.6. The number of hydrogen-bond acceptors (Lipinski definition) is 3. The molecule has 1 heterocycles. The van der Waals surface area contributed by atoms with Gasteiger partial charge in [0.05, 0.1) is 6.61 Å². The third-order valence-electron chi connectivity index (χ3n) is 3.15. The number of methoxy groups -OCH3 is 1. The zero-order valence-corrected chi connectivity index (χ0v) is 11.0. The monoisotopic (exact) mass is 226 g/mol. The third kappa shape index (κ3) is 4.64. The van der Waals surface area contributed by atoms with Gasteiger partial charge in [0.25, 0.3) is 0 Å². The SMILES string of the molecule is CCCNCC(C)N1CC=C(COC)CC1. The van der Waals surface area contributed by atoms with Crippen LogP contribution in [0.4, 0.5) is 0 Å². The number of hydrogen-bond donors (Lipinski definition) is 1. The van der Waals surface area contributed by atoms with Crippen LogP contribution in [0.1, 0.15) is 26.7 Å². The lowest BCUT2D eigenvalue weighted by atomic mass is 10.1. The molecule has 0 bridgehead atoms. The molecule has 0 saturated carbocycles. The Hall–Kier alpha value is -0.380. The number of rotatable bonds is 7. The van der Waals surface area contributed by atoms with E-state index in [-0.39, 0.29) is 0 Å². The molecule has 1 aliphatic rings. The minimum absolute atomic E-state index is 0.631. The average Bonchev–Trinajstić information content (AvgIpc) is 2.30. The van der Waals surface area contributed by atoms with Gasteiger partial charge in [0.2, 0.25) is 0 Å². The minimum atomic E-state index is 0.631. The lowest BCUT2D eigenvalue weighted by Crippen LogP contribution is -2.42. The molecule has 0 aromatic carbocycles. The molecule has 3 nitrogen and oxygen atoms in total. The van der Waals surface area contributed by atoms with E-state index in [2.05, 4.69) is 30.1 Å². The van der Waals surface area contributed by atoms with Gasteiger partial charge in [-0.25, -0.2) is 0 Å². The van der Waals surface area contributed by atoms with Crippen LogP contribution in [0.5, 0.6) is 0 Å². The van der Waals surface area contributed by atoms with E-state index in [1.165, 1.54) is 18.5 Å². The van der Waals surface area contributed by atoms with E-state index in [1.54, 1.807) is 7.11 Å². The summed E-state index contributed by atoms with van der Waals surface area (Å²) in [4.78, 5) is 2.53. The van der Waals surface area contributed by atoms with E-state index in [4.69, 9.17) is 4.74 Å². The maximum atomic E-state index is 5.16. The van der Waals surface area contributed by atoms with E-state index in [0.29, 0.717) is 6.04 Å². The van der Waals surface area contributed by atoms with Crippen LogP contribution >= 0.6 is 0 Å². The molecule has 94 valence electrons. The molecule has 0 aromatic rings. The summed E-state index contributed by atoms with van der Waals surface area (Å²) >= 11 is 0. The van der Waals surface area contributed by atoms with Crippen LogP contribution < -0.4 is 5.32 Å². The summed E-state index contributed by atoms with van der Waals surface area (Å²) in [5, 5.41) is 3.48. The predicted molar refractivity (Wildman–Crippen MR) is 68.8 cm³/mol. The second-order valence-electron chi connectivity index (χ2n) is 4.59. The number of nitrogens with zero attached hydrogens (tertiary/aromatic N) is 1. The topological polar surface area (TPSA) is 24.5 Å². The summed E-state index contributed by atoms with van der Waals surface area (Å²) in [7, 11) is 1.77. The van der Waals surface area contributed by atoms with Crippen molar-refractivity contribution in [3.8, 4) is 0 Å². The summed E-state index contributed by atoms with van der Waals surface area (Å²) in [6.07, 6.45) is 4.69. The van der Waals surface area contributed by atoms with Gasteiger partial charge >= 0.3 is 0 Å². The van der Waals surface area contributed by atoms with E-state index in [9.17, 15) is 0 Å². The average molecular weight is 226 g/mol. The Balaban J connectivity index is 2.24. The van der Waals surface area contributed by atoms with Gasteiger partial charge in [-0.1, -0.05) is 13.0 Å². The van der Waals surface area contributed by atoms with Crippen LogP contribution in [0.3, 0.4) is 0 Å². The Morgan fingerprint density at radius 1 is 1.56 bits per heavy atom. The standard InChI is InChI=1S/C13H26N2O/c1-4-7-14-10-12(2)15-8-5-13(6-9-15)11-16-3/h5,12,14H,4,6-11H2,1-3H3. The van der Waals surface area contributed by atoms with Gasteiger partial charge in [-0.05, 0) is 31.9 Å². The molecule has 0 spiro atoms. The summed E-state index contributed by atoms with van der Waals surface area (Å²) in [6, 6.07) is 0.631. The maximum absolute atomic E-state index is 5.16. The van der Waals surface area contributed by atoms with Crippen molar-refractivity contribution >= 4 is 0 Å². The van der Waals surface area contributed by atoms with Crippen molar-refractivity contribution in [2.75, 3.05) is 39.9 Å². The van der Waals surface area contributed by atoms with Crippen molar-refractivity contribution in [2.45, 2.75) is 32.7 Å². The molecule has 1 rings (SSSR count). The van der Waals surface area contributed by atoms with E-state index in [0.717, 1.165) is 32.7 Å². The smallest absolute Gasteiger partial charge is 0.0673 e. The van der Waals surface area contributed by atoms with Crippen LogP contribution in [0.15, 0.2) is 11.6 Å². The van der Waals surface area contributed by atoms with Gasteiger partial charge in [0, 0.05) is 32.8 Å². The molecule has 0 aromatic heterocycles. The summed E-state index contributed by atoms with van der Waals surface area (Å²) in [5.74, 6) is 0. The molecule has 1 unspecified atom stereocenters. The third-order valence-corrected chi connectivity index (χ3v) is 3.15. The highest BCUT2D eigenvalue weighted by Gasteiger charge is 2.16. The Labute approximate surface area is 99.8 Å². The Morgan fingerprint density at radius 3 is 2.94 bits per heavy atom. The molecule has 0 aliphatic carbocycles. The first kappa shape index (κ1) is 13.7. The molecule has 0 radical (unpaired) electrons. The first-order valence-electron chi connectivity index (χ1n) is 6.39. The molecular formula is C13H26N2O. The van der Waals surface area contributed by atoms with E-state index >= 15 is 0 Å². The number of ether oxygens (including phenoxy) is 1. The first-order chi connectivity index (χ1) is 7.77. The predicted octanol–water partition coefficient (Wildman–Crippen LogP) is 1.65. The fourth-order valence-electron chi connectivity index (χ4n) is 2.06. The second kappa shape index (κ2) is 7.82. The van der Waals surface area contributed by atoms with Gasteiger partial charge in [0.1, 0.15) is 0 Å². The first-order valence-corrected chi connectivity index (χ1v) is 6.39. The van der Waals surface area contributed by atoms with Gasteiger partial charge in [-0.3, -0.25) is 4.90 Å². The van der Waals surface area contributed by atoms with Crippen LogP contribution in [-0.2, 0) is 4.74 Å². The molecule has 0 amide bonds. The van der Waals surface area contributed by atoms with Crippen molar-refractivity contribution in [2.24, 2.45) is 0 Å². The zero-order valence-electron chi connectivity index (χ0n) is 11.0. The minimum Gasteiger partial charge on any atom is -0.380 e. The largest absolute Gasteiger partial charge is 0.380 e. The molecule has 1 aliphatic heterocycles. The molecule has 0 fully saturated rings. The summed E-state index contributed by atoms with van der Waals surface area (Å²) < 4.78 is 5.16. The zero-order chi connectivity index (χ0) is 11.8. The van der Waals surface area contributed by atoms with Crippen LogP contribution in [0.25, 0.3) is 0 Å². The summed E-state index contributed by atoms with van der Waals surface area (Å²) in [5.41, 5.74) is 1.45. The van der Waals surface area contributed by atoms with Crippen molar-refractivity contribution in [3.05, 3.63) is 11.6 Å². The highest BCUT2D eigenvalue weighted by atomic mass is 16.5. The van der Waals surface area contributed by atoms with Crippen LogP contribution in [-0.4, -0.2) is 50.8 Å². The summed E-state index contributed by atoms with van der Waals surface area (Å²) in [6.45, 7) is 9.79. The maximum Gasteiger partial charge on any atom is 0.0673 e. The van der Waals surface area contributed by atoms with Gasteiger partial charge in [0.15, 0.2) is 0 Å². The lowest BCUT2D eigenvalue weighted by Gasteiger charge is -2.31. The molecule has 0 saturated heterocycles. The molecule has 16 heavy (non-hydrogen) atoms. The molecule has 1 atom stereocenters. The highest BCUT2D eigenvalue weighted by molar-refractivity contribution is 5.08. The fourth-order valence-corrected chi connectivity index (χ4v) is 2.06. The Kier molecular flexibility index (Phi) is 6.69. The Bertz CT molecular complexity index is 216. The second-order valence-corrected chi connectivity index (χ2v) is 4.59. The fraction of sp³-hybridized carbons (Fsp3) is 0.846. The van der Waals surface area contributed by atoms with Crippen LogP contribution in [0.2, 0.25) is 0 Å². The van der Waals surface area contributed by atoms with Crippen molar-refractivity contribution in [3.63, 3.8) is 0 Å². The van der Waals surface area contributed by atoms with E-state index in [1.807, 2.05) is 0 Å². The molecule has 3 heteroatoms. The quantitative estimate of drug-likeness (QED) is 0.528. The van der Waals surface area contributed by atoms with Gasteiger partial charge in [-0.15, -0.1) is 0 Å². The number of nitrogens with one attached hydrogen (secondary N) is 1. The van der Waals surface area contributed by atoms with Crippen molar-refractivity contribution in [1.82, 2.24) is 10.2 Å². The molecule has 1 N–H and O–H groups in total. The van der Waals surface area contributed by atoms with E-state index < -0.39 is 0 Å². The van der Waals surface area contributed by atoms with Crippen LogP contribution in [0, 0.1) is 0 Å². The van der Waals surface area contributed by atoms with Crippen molar-refractivity contribution < 1.29 is 4.74 Å². The van der Waals surface area contributed by atoms with Crippen molar-refractivity contribution in [1.29, 1.82) is 0 Å². The molecular weight excluding hydrogens is 200 g/mol. The Morgan fingerprint density at radius 2 is 2.38 bits per heavy atom. The van der Waals surface area contributed by atoms with Gasteiger partial charge < -0.3 is 10.1 Å². The van der Waals surface area contributed by atoms with Gasteiger partial charge in [-0.2, -0.15) is 0 Å².